The summed E-state index contributed by atoms with van der Waals surface area (Å²) in [6.07, 6.45) is 0. The number of carboxylic acids is 1. The Labute approximate surface area is 87.8 Å². The summed E-state index contributed by atoms with van der Waals surface area (Å²) < 4.78 is 4.79. The molecule has 1 aliphatic rings. The minimum Gasteiger partial charge on any atom is -0.480 e. The van der Waals surface area contributed by atoms with Crippen molar-refractivity contribution >= 4 is 11.9 Å². The van der Waals surface area contributed by atoms with Crippen LogP contribution in [0.2, 0.25) is 0 Å². The molecule has 0 aromatic rings. The molecule has 2 atom stereocenters. The van der Waals surface area contributed by atoms with Crippen molar-refractivity contribution in [3.05, 3.63) is 0 Å². The number of hydrogen-bond acceptors (Lipinski definition) is 6. The molecule has 6 N–H and O–H groups in total. The van der Waals surface area contributed by atoms with Gasteiger partial charge in [-0.05, 0) is 6.92 Å². The zero-order valence-electron chi connectivity index (χ0n) is 8.66. The molecular weight excluding hydrogens is 202 g/mol. The lowest BCUT2D eigenvalue weighted by atomic mass is 10.1. The number of aliphatic carboxylic acids is 1. The molecule has 0 aromatic carbocycles. The molecule has 0 amide bonds. The first-order valence-electron chi connectivity index (χ1n) is 4.51. The fraction of sp³-hybridized carbons (Fsp3) is 0.750. The molecule has 7 heteroatoms. The zero-order valence-corrected chi connectivity index (χ0v) is 8.66. The Morgan fingerprint density at radius 1 is 1.33 bits per heavy atom. The Morgan fingerprint density at radius 3 is 2.27 bits per heavy atom. The van der Waals surface area contributed by atoms with Gasteiger partial charge in [0.05, 0.1) is 6.61 Å². The van der Waals surface area contributed by atoms with Crippen LogP contribution in [-0.4, -0.2) is 48.8 Å². The van der Waals surface area contributed by atoms with Crippen LogP contribution in [0.15, 0.2) is 0 Å². The van der Waals surface area contributed by atoms with E-state index >= 15 is 0 Å². The first-order valence-corrected chi connectivity index (χ1v) is 4.51. The monoisotopic (exact) mass is 219 g/mol. The molecule has 0 radical (unpaired) electrons. The number of piperazine rings is 1. The second-order valence-electron chi connectivity index (χ2n) is 3.01. The van der Waals surface area contributed by atoms with Gasteiger partial charge in [-0.15, -0.1) is 0 Å². The van der Waals surface area contributed by atoms with Gasteiger partial charge in [0.15, 0.2) is 0 Å². The Kier molecular flexibility index (Phi) is 5.83. The van der Waals surface area contributed by atoms with Crippen LogP contribution in [0.25, 0.3) is 0 Å². The number of carboxylic acid groups (broad SMARTS) is 1. The van der Waals surface area contributed by atoms with Gasteiger partial charge < -0.3 is 26.6 Å². The zero-order chi connectivity index (χ0) is 10.6. The maximum atomic E-state index is 11.2. The van der Waals surface area contributed by atoms with Crippen LogP contribution in [0.4, 0.5) is 0 Å². The number of ether oxygens (including phenoxy) is 1. The smallest absolute Gasteiger partial charge is 0.324 e. The maximum absolute atomic E-state index is 11.2. The summed E-state index contributed by atoms with van der Waals surface area (Å²) in [6, 6.07) is -1.06. The maximum Gasteiger partial charge on any atom is 0.324 e. The molecule has 1 fully saturated rings. The fourth-order valence-electron chi connectivity index (χ4n) is 1.25. The highest BCUT2D eigenvalue weighted by atomic mass is 16.5. The molecule has 7 nitrogen and oxygen atoms in total. The number of carbonyl (C=O) groups is 2. The standard InChI is InChI=1S/C8H14N2O4.H3N/c1-2-14-8(13)6-4-9-5(3-10-6)7(11)12;/h5-6,9-10H,2-4H2,1H3,(H,11,12);1H3. The van der Waals surface area contributed by atoms with E-state index < -0.39 is 18.1 Å². The van der Waals surface area contributed by atoms with Crippen LogP contribution in [0, 0.1) is 0 Å². The number of carbonyl (C=O) groups excluding carboxylic acids is 1. The average Bonchev–Trinajstić information content (AvgIpc) is 2.18. The van der Waals surface area contributed by atoms with Gasteiger partial charge in [0.25, 0.3) is 0 Å². The molecule has 0 bridgehead atoms. The quantitative estimate of drug-likeness (QED) is 0.436. The van der Waals surface area contributed by atoms with Gasteiger partial charge in [0, 0.05) is 13.1 Å². The highest BCUT2D eigenvalue weighted by molar-refractivity contribution is 5.78. The van der Waals surface area contributed by atoms with E-state index in [1.165, 1.54) is 0 Å². The summed E-state index contributed by atoms with van der Waals surface area (Å²) in [4.78, 5) is 21.7. The van der Waals surface area contributed by atoms with Gasteiger partial charge in [0.2, 0.25) is 0 Å². The molecule has 2 unspecified atom stereocenters. The van der Waals surface area contributed by atoms with E-state index in [2.05, 4.69) is 10.6 Å². The molecule has 1 aliphatic heterocycles. The highest BCUT2D eigenvalue weighted by Crippen LogP contribution is 1.96. The molecule has 0 saturated carbocycles. The van der Waals surface area contributed by atoms with Crippen LogP contribution in [0.1, 0.15) is 6.92 Å². The minimum absolute atomic E-state index is 0. The predicted octanol–water partition coefficient (Wildman–Crippen LogP) is -1.27. The van der Waals surface area contributed by atoms with Crippen LogP contribution in [0.5, 0.6) is 0 Å². The SMILES string of the molecule is CCOC(=O)C1CNC(C(=O)O)CN1.N. The van der Waals surface area contributed by atoms with Gasteiger partial charge >= 0.3 is 11.9 Å². The Bertz CT molecular complexity index is 226. The number of hydrogen-bond donors (Lipinski definition) is 4. The molecule has 15 heavy (non-hydrogen) atoms. The van der Waals surface area contributed by atoms with Crippen molar-refractivity contribution in [1.29, 1.82) is 0 Å². The summed E-state index contributed by atoms with van der Waals surface area (Å²) in [6.45, 7) is 2.59. The lowest BCUT2D eigenvalue weighted by Gasteiger charge is -2.27. The first-order chi connectivity index (χ1) is 6.65. The fourth-order valence-corrected chi connectivity index (χ4v) is 1.25. The highest BCUT2D eigenvalue weighted by Gasteiger charge is 2.29. The van der Waals surface area contributed by atoms with E-state index in [4.69, 9.17) is 9.84 Å². The van der Waals surface area contributed by atoms with E-state index in [0.29, 0.717) is 6.61 Å². The normalized spacial score (nSPS) is 25.1. The van der Waals surface area contributed by atoms with Crippen LogP contribution >= 0.6 is 0 Å². The lowest BCUT2D eigenvalue weighted by molar-refractivity contribution is -0.148. The third kappa shape index (κ3) is 3.82. The number of nitrogens with one attached hydrogen (secondary N) is 2. The Balaban J connectivity index is 0.00000196. The first kappa shape index (κ1) is 13.8. The van der Waals surface area contributed by atoms with Crippen molar-refractivity contribution in [2.45, 2.75) is 19.0 Å². The van der Waals surface area contributed by atoms with Crippen molar-refractivity contribution in [3.63, 3.8) is 0 Å². The molecule has 0 aliphatic carbocycles. The number of esters is 1. The second-order valence-corrected chi connectivity index (χ2v) is 3.01. The van der Waals surface area contributed by atoms with Crippen LogP contribution in [-0.2, 0) is 14.3 Å². The molecular formula is C8H17N3O4. The lowest BCUT2D eigenvalue weighted by Crippen LogP contribution is -2.60. The van der Waals surface area contributed by atoms with Gasteiger partial charge in [-0.3, -0.25) is 9.59 Å². The van der Waals surface area contributed by atoms with E-state index in [-0.39, 0.29) is 25.2 Å². The average molecular weight is 219 g/mol. The van der Waals surface area contributed by atoms with Crippen LogP contribution in [0.3, 0.4) is 0 Å². The van der Waals surface area contributed by atoms with E-state index in [0.717, 1.165) is 0 Å². The summed E-state index contributed by atoms with van der Waals surface area (Å²) in [7, 11) is 0. The van der Waals surface area contributed by atoms with Crippen molar-refractivity contribution in [2.75, 3.05) is 19.7 Å². The predicted molar refractivity (Wildman–Crippen MR) is 52.9 cm³/mol. The Morgan fingerprint density at radius 2 is 1.87 bits per heavy atom. The molecule has 88 valence electrons. The van der Waals surface area contributed by atoms with Crippen molar-refractivity contribution < 1.29 is 19.4 Å². The molecule has 1 heterocycles. The van der Waals surface area contributed by atoms with Crippen molar-refractivity contribution in [3.8, 4) is 0 Å². The Hall–Kier alpha value is -1.18. The third-order valence-electron chi connectivity index (χ3n) is 2.01. The largest absolute Gasteiger partial charge is 0.480 e. The molecule has 0 spiro atoms. The van der Waals surface area contributed by atoms with E-state index in [9.17, 15) is 9.59 Å². The van der Waals surface area contributed by atoms with Crippen LogP contribution < -0.4 is 16.8 Å². The molecule has 1 saturated heterocycles. The minimum atomic E-state index is -0.917. The summed E-state index contributed by atoms with van der Waals surface area (Å²) >= 11 is 0. The van der Waals surface area contributed by atoms with Gasteiger partial charge in [0.1, 0.15) is 12.1 Å². The van der Waals surface area contributed by atoms with Gasteiger partial charge in [-0.25, -0.2) is 0 Å². The summed E-state index contributed by atoms with van der Waals surface area (Å²) in [5.41, 5.74) is 0. The summed E-state index contributed by atoms with van der Waals surface area (Å²) in [5, 5.41) is 14.2. The van der Waals surface area contributed by atoms with Crippen molar-refractivity contribution in [2.24, 2.45) is 0 Å². The third-order valence-corrected chi connectivity index (χ3v) is 2.01. The van der Waals surface area contributed by atoms with Gasteiger partial charge in [-0.1, -0.05) is 0 Å². The summed E-state index contributed by atoms with van der Waals surface area (Å²) in [5.74, 6) is -1.26. The number of rotatable bonds is 3. The van der Waals surface area contributed by atoms with Crippen molar-refractivity contribution in [1.82, 2.24) is 16.8 Å². The van der Waals surface area contributed by atoms with E-state index in [1.807, 2.05) is 0 Å². The molecule has 1 rings (SSSR count). The second kappa shape index (κ2) is 6.33. The van der Waals surface area contributed by atoms with E-state index in [1.54, 1.807) is 6.92 Å². The molecule has 0 aromatic heterocycles. The van der Waals surface area contributed by atoms with Gasteiger partial charge in [-0.2, -0.15) is 0 Å². The topological polar surface area (TPSA) is 123 Å².